The van der Waals surface area contributed by atoms with Gasteiger partial charge in [-0.2, -0.15) is 5.10 Å². The molecule has 4 nitrogen and oxygen atoms in total. The number of fused-ring (bicyclic) bond motifs is 1. The molecule has 1 aliphatic rings. The van der Waals surface area contributed by atoms with Crippen molar-refractivity contribution >= 4 is 0 Å². The van der Waals surface area contributed by atoms with Crippen molar-refractivity contribution in [3.8, 4) is 11.3 Å². The van der Waals surface area contributed by atoms with Crippen molar-refractivity contribution in [1.82, 2.24) is 20.5 Å². The van der Waals surface area contributed by atoms with E-state index < -0.39 is 0 Å². The summed E-state index contributed by atoms with van der Waals surface area (Å²) in [5.74, 6) is 0. The lowest BCUT2D eigenvalue weighted by atomic mass is 9.87. The minimum absolute atomic E-state index is 0.427. The Bertz CT molecular complexity index is 779. The summed E-state index contributed by atoms with van der Waals surface area (Å²) in [4.78, 5) is 4.19. The van der Waals surface area contributed by atoms with E-state index in [-0.39, 0.29) is 0 Å². The summed E-state index contributed by atoms with van der Waals surface area (Å²) in [5, 5.41) is 11.0. The Morgan fingerprint density at radius 2 is 2.09 bits per heavy atom. The monoisotopic (exact) mass is 304 g/mol. The van der Waals surface area contributed by atoms with Crippen LogP contribution in [-0.2, 0) is 13.0 Å². The maximum atomic E-state index is 4.21. The van der Waals surface area contributed by atoms with E-state index in [1.165, 1.54) is 36.0 Å². The quantitative estimate of drug-likeness (QED) is 0.774. The third kappa shape index (κ3) is 2.90. The fourth-order valence-electron chi connectivity index (χ4n) is 3.40. The number of hydrogen-bond acceptors (Lipinski definition) is 3. The van der Waals surface area contributed by atoms with Gasteiger partial charge < -0.3 is 5.32 Å². The summed E-state index contributed by atoms with van der Waals surface area (Å²) in [6, 6.07) is 13.2. The number of aromatic amines is 1. The fourth-order valence-corrected chi connectivity index (χ4v) is 3.40. The first-order valence-corrected chi connectivity index (χ1v) is 8.15. The van der Waals surface area contributed by atoms with Gasteiger partial charge in [-0.05, 0) is 42.5 Å². The van der Waals surface area contributed by atoms with Gasteiger partial charge in [0.1, 0.15) is 0 Å². The lowest BCUT2D eigenvalue weighted by Crippen LogP contribution is -2.24. The van der Waals surface area contributed by atoms with Gasteiger partial charge in [0, 0.05) is 36.1 Å². The molecule has 2 heterocycles. The molecule has 3 aromatic rings. The Balaban J connectivity index is 1.52. The Labute approximate surface area is 136 Å². The molecule has 0 amide bonds. The fraction of sp³-hybridized carbons (Fsp3) is 0.263. The molecule has 23 heavy (non-hydrogen) atoms. The minimum atomic E-state index is 0.427. The molecule has 0 radical (unpaired) electrons. The van der Waals surface area contributed by atoms with Crippen LogP contribution in [0.4, 0.5) is 0 Å². The van der Waals surface area contributed by atoms with Crippen molar-refractivity contribution in [3.05, 3.63) is 71.7 Å². The van der Waals surface area contributed by atoms with Crippen molar-refractivity contribution in [2.75, 3.05) is 0 Å². The van der Waals surface area contributed by atoms with Gasteiger partial charge in [-0.3, -0.25) is 10.1 Å². The van der Waals surface area contributed by atoms with Crippen LogP contribution in [0.15, 0.2) is 55.0 Å². The Kier molecular flexibility index (Phi) is 3.90. The molecule has 4 rings (SSSR count). The van der Waals surface area contributed by atoms with Crippen LogP contribution in [-0.4, -0.2) is 15.2 Å². The number of hydrogen-bond donors (Lipinski definition) is 2. The zero-order valence-electron chi connectivity index (χ0n) is 13.0. The SMILES string of the molecule is c1cncc(-c2[nH]ncc2CN[C@@H]2CCCc3ccccc32)c1. The van der Waals surface area contributed by atoms with Crippen molar-refractivity contribution in [3.63, 3.8) is 0 Å². The standard InChI is InChI=1S/C19H20N4/c1-2-8-17-14(5-1)6-3-9-18(17)21-12-16-13-22-23-19(16)15-7-4-10-20-11-15/h1-2,4-5,7-8,10-11,13,18,21H,3,6,9,12H2,(H,22,23)/t18-/m1/s1. The lowest BCUT2D eigenvalue weighted by molar-refractivity contribution is 0.459. The second kappa shape index (κ2) is 6.34. The summed E-state index contributed by atoms with van der Waals surface area (Å²) in [7, 11) is 0. The molecule has 1 atom stereocenters. The molecule has 0 saturated carbocycles. The third-order valence-electron chi connectivity index (χ3n) is 4.58. The normalized spacial score (nSPS) is 17.0. The number of pyridine rings is 1. The highest BCUT2D eigenvalue weighted by Gasteiger charge is 2.19. The van der Waals surface area contributed by atoms with Gasteiger partial charge in [-0.15, -0.1) is 0 Å². The number of aryl methyl sites for hydroxylation is 1. The summed E-state index contributed by atoms with van der Waals surface area (Å²) >= 11 is 0. The maximum Gasteiger partial charge on any atom is 0.0710 e. The molecule has 1 aliphatic carbocycles. The molecule has 0 saturated heterocycles. The van der Waals surface area contributed by atoms with Gasteiger partial charge in [0.25, 0.3) is 0 Å². The lowest BCUT2D eigenvalue weighted by Gasteiger charge is -2.26. The van der Waals surface area contributed by atoms with Crippen LogP contribution < -0.4 is 5.32 Å². The van der Waals surface area contributed by atoms with Gasteiger partial charge in [0.2, 0.25) is 0 Å². The molecule has 0 aliphatic heterocycles. The minimum Gasteiger partial charge on any atom is -0.306 e. The second-order valence-electron chi connectivity index (χ2n) is 6.04. The van der Waals surface area contributed by atoms with Crippen molar-refractivity contribution in [2.24, 2.45) is 0 Å². The molecule has 116 valence electrons. The van der Waals surface area contributed by atoms with Gasteiger partial charge in [-0.25, -0.2) is 0 Å². The van der Waals surface area contributed by atoms with E-state index in [2.05, 4.69) is 50.8 Å². The zero-order chi connectivity index (χ0) is 15.5. The molecular weight excluding hydrogens is 284 g/mol. The first-order chi connectivity index (χ1) is 11.4. The van der Waals surface area contributed by atoms with Crippen LogP contribution in [0.25, 0.3) is 11.3 Å². The molecular formula is C19H20N4. The van der Waals surface area contributed by atoms with Crippen LogP contribution in [0, 0.1) is 0 Å². The van der Waals surface area contributed by atoms with E-state index in [0.29, 0.717) is 6.04 Å². The zero-order valence-corrected chi connectivity index (χ0v) is 13.0. The number of benzene rings is 1. The van der Waals surface area contributed by atoms with Crippen LogP contribution in [0.2, 0.25) is 0 Å². The average molecular weight is 304 g/mol. The van der Waals surface area contributed by atoms with Crippen molar-refractivity contribution < 1.29 is 0 Å². The van der Waals surface area contributed by atoms with Gasteiger partial charge in [-0.1, -0.05) is 24.3 Å². The van der Waals surface area contributed by atoms with Crippen LogP contribution in [0.1, 0.15) is 35.6 Å². The predicted molar refractivity (Wildman–Crippen MR) is 90.8 cm³/mol. The number of nitrogens with one attached hydrogen (secondary N) is 2. The van der Waals surface area contributed by atoms with Gasteiger partial charge in [0.05, 0.1) is 11.9 Å². The van der Waals surface area contributed by atoms with Crippen LogP contribution in [0.3, 0.4) is 0 Å². The molecule has 2 aromatic heterocycles. The van der Waals surface area contributed by atoms with E-state index in [4.69, 9.17) is 0 Å². The molecule has 4 heteroatoms. The first kappa shape index (κ1) is 14.2. The van der Waals surface area contributed by atoms with Gasteiger partial charge >= 0.3 is 0 Å². The van der Waals surface area contributed by atoms with E-state index in [1.807, 2.05) is 18.5 Å². The topological polar surface area (TPSA) is 53.6 Å². The predicted octanol–water partition coefficient (Wildman–Crippen LogP) is 3.64. The number of nitrogens with zero attached hydrogens (tertiary/aromatic N) is 2. The highest BCUT2D eigenvalue weighted by Crippen LogP contribution is 2.30. The Morgan fingerprint density at radius 1 is 1.13 bits per heavy atom. The number of aromatic nitrogens is 3. The Morgan fingerprint density at radius 3 is 3.00 bits per heavy atom. The molecule has 2 N–H and O–H groups in total. The second-order valence-corrected chi connectivity index (χ2v) is 6.04. The van der Waals surface area contributed by atoms with E-state index >= 15 is 0 Å². The summed E-state index contributed by atoms with van der Waals surface area (Å²) < 4.78 is 0. The Hall–Kier alpha value is -2.46. The third-order valence-corrected chi connectivity index (χ3v) is 4.58. The smallest absolute Gasteiger partial charge is 0.0710 e. The largest absolute Gasteiger partial charge is 0.306 e. The highest BCUT2D eigenvalue weighted by molar-refractivity contribution is 5.61. The summed E-state index contributed by atoms with van der Waals surface area (Å²) in [5.41, 5.74) is 6.24. The van der Waals surface area contributed by atoms with E-state index in [1.54, 1.807) is 6.20 Å². The van der Waals surface area contributed by atoms with Crippen LogP contribution in [0.5, 0.6) is 0 Å². The van der Waals surface area contributed by atoms with Crippen LogP contribution >= 0.6 is 0 Å². The summed E-state index contributed by atoms with van der Waals surface area (Å²) in [6.07, 6.45) is 9.20. The average Bonchev–Trinajstić information content (AvgIpc) is 3.09. The number of H-pyrrole nitrogens is 1. The van der Waals surface area contributed by atoms with Gasteiger partial charge in [0.15, 0.2) is 0 Å². The first-order valence-electron chi connectivity index (χ1n) is 8.15. The summed E-state index contributed by atoms with van der Waals surface area (Å²) in [6.45, 7) is 0.805. The number of rotatable bonds is 4. The van der Waals surface area contributed by atoms with E-state index in [0.717, 1.165) is 17.8 Å². The molecule has 0 unspecified atom stereocenters. The molecule has 0 fully saturated rings. The van der Waals surface area contributed by atoms with E-state index in [9.17, 15) is 0 Å². The molecule has 0 spiro atoms. The van der Waals surface area contributed by atoms with Crippen molar-refractivity contribution in [1.29, 1.82) is 0 Å². The molecule has 0 bridgehead atoms. The molecule has 1 aromatic carbocycles. The van der Waals surface area contributed by atoms with Crippen molar-refractivity contribution in [2.45, 2.75) is 31.8 Å². The highest BCUT2D eigenvalue weighted by atomic mass is 15.1. The maximum absolute atomic E-state index is 4.21.